The summed E-state index contributed by atoms with van der Waals surface area (Å²) in [6.07, 6.45) is 1.59. The Labute approximate surface area is 91.2 Å². The maximum atomic E-state index is 11.4. The lowest BCUT2D eigenvalue weighted by atomic mass is 10.3. The van der Waals surface area contributed by atoms with Crippen molar-refractivity contribution in [2.75, 3.05) is 6.61 Å². The number of rotatable bonds is 2. The highest BCUT2D eigenvalue weighted by Crippen LogP contribution is 2.21. The lowest BCUT2D eigenvalue weighted by Crippen LogP contribution is -2.04. The summed E-state index contributed by atoms with van der Waals surface area (Å²) in [7, 11) is 0. The van der Waals surface area contributed by atoms with Crippen LogP contribution in [0.25, 0.3) is 10.9 Å². The van der Waals surface area contributed by atoms with Crippen molar-refractivity contribution in [3.63, 3.8) is 0 Å². The zero-order chi connectivity index (χ0) is 10.8. The second-order valence-corrected chi connectivity index (χ2v) is 3.33. The quantitative estimate of drug-likeness (QED) is 0.630. The van der Waals surface area contributed by atoms with E-state index in [0.29, 0.717) is 23.0 Å². The number of carbonyl (C=O) groups excluding carboxylic acids is 1. The molecule has 0 saturated carbocycles. The van der Waals surface area contributed by atoms with Gasteiger partial charge in [-0.15, -0.1) is 0 Å². The number of ether oxygens (including phenoxy) is 1. The van der Waals surface area contributed by atoms with Gasteiger partial charge in [-0.3, -0.25) is 0 Å². The molecule has 0 bridgehead atoms. The number of halogens is 1. The van der Waals surface area contributed by atoms with Crippen molar-refractivity contribution in [3.8, 4) is 0 Å². The van der Waals surface area contributed by atoms with Crippen molar-refractivity contribution < 1.29 is 9.53 Å². The molecule has 78 valence electrons. The zero-order valence-electron chi connectivity index (χ0n) is 8.08. The van der Waals surface area contributed by atoms with Crippen LogP contribution in [0, 0.1) is 0 Å². The van der Waals surface area contributed by atoms with E-state index >= 15 is 0 Å². The fourth-order valence-electron chi connectivity index (χ4n) is 1.34. The van der Waals surface area contributed by atoms with Gasteiger partial charge in [0.1, 0.15) is 5.69 Å². The zero-order valence-corrected chi connectivity index (χ0v) is 8.84. The molecule has 0 aliphatic carbocycles. The van der Waals surface area contributed by atoms with Crippen LogP contribution in [0.15, 0.2) is 18.3 Å². The van der Waals surface area contributed by atoms with E-state index in [0.717, 1.165) is 5.39 Å². The number of esters is 1. The number of aromatic nitrogens is 2. The lowest BCUT2D eigenvalue weighted by Gasteiger charge is -1.96. The largest absolute Gasteiger partial charge is 0.461 e. The molecule has 0 unspecified atom stereocenters. The average molecular weight is 225 g/mol. The molecule has 2 aromatic heterocycles. The maximum absolute atomic E-state index is 11.4. The van der Waals surface area contributed by atoms with Gasteiger partial charge < -0.3 is 9.72 Å². The summed E-state index contributed by atoms with van der Waals surface area (Å²) in [5.41, 5.74) is 1.05. The van der Waals surface area contributed by atoms with Gasteiger partial charge in [-0.25, -0.2) is 9.78 Å². The highest BCUT2D eigenvalue weighted by Gasteiger charge is 2.11. The van der Waals surface area contributed by atoms with Crippen LogP contribution in [0.2, 0.25) is 5.15 Å². The molecule has 0 saturated heterocycles. The second kappa shape index (κ2) is 3.90. The van der Waals surface area contributed by atoms with Crippen LogP contribution in [0.5, 0.6) is 0 Å². The Hall–Kier alpha value is -1.55. The fourth-order valence-corrected chi connectivity index (χ4v) is 1.55. The molecule has 0 atom stereocenters. The van der Waals surface area contributed by atoms with Crippen LogP contribution in [-0.4, -0.2) is 22.5 Å². The third-order valence-electron chi connectivity index (χ3n) is 1.99. The van der Waals surface area contributed by atoms with Crippen LogP contribution in [0.4, 0.5) is 0 Å². The minimum absolute atomic E-state index is 0.347. The number of nitrogens with one attached hydrogen (secondary N) is 1. The van der Waals surface area contributed by atoms with Gasteiger partial charge in [-0.05, 0) is 19.1 Å². The fraction of sp³-hybridized carbons (Fsp3) is 0.200. The normalized spacial score (nSPS) is 10.5. The van der Waals surface area contributed by atoms with Crippen molar-refractivity contribution in [1.82, 2.24) is 9.97 Å². The molecule has 15 heavy (non-hydrogen) atoms. The summed E-state index contributed by atoms with van der Waals surface area (Å²) in [5.74, 6) is -0.384. The number of carbonyl (C=O) groups is 1. The number of pyridine rings is 1. The van der Waals surface area contributed by atoms with E-state index in [9.17, 15) is 4.79 Å². The molecule has 4 nitrogen and oxygen atoms in total. The van der Waals surface area contributed by atoms with Gasteiger partial charge in [0.25, 0.3) is 0 Å². The van der Waals surface area contributed by atoms with E-state index in [1.807, 2.05) is 0 Å². The summed E-state index contributed by atoms with van der Waals surface area (Å²) >= 11 is 5.86. The number of nitrogens with zero attached hydrogens (tertiary/aromatic N) is 1. The van der Waals surface area contributed by atoms with Gasteiger partial charge in [-0.1, -0.05) is 11.6 Å². The smallest absolute Gasteiger partial charge is 0.354 e. The SMILES string of the molecule is CCOC(=O)c1cc2ccnc(Cl)c2[nH]1. The van der Waals surface area contributed by atoms with Crippen LogP contribution >= 0.6 is 11.6 Å². The van der Waals surface area contributed by atoms with Crippen molar-refractivity contribution >= 4 is 28.5 Å². The first-order chi connectivity index (χ1) is 7.22. The predicted octanol–water partition coefficient (Wildman–Crippen LogP) is 2.39. The molecule has 2 heterocycles. The van der Waals surface area contributed by atoms with Crippen molar-refractivity contribution in [2.45, 2.75) is 6.92 Å². The number of aromatic amines is 1. The lowest BCUT2D eigenvalue weighted by molar-refractivity contribution is 0.0520. The van der Waals surface area contributed by atoms with Crippen molar-refractivity contribution in [1.29, 1.82) is 0 Å². The molecule has 0 amide bonds. The number of H-pyrrole nitrogens is 1. The Balaban J connectivity index is 2.47. The predicted molar refractivity (Wildman–Crippen MR) is 57.1 cm³/mol. The number of hydrogen-bond acceptors (Lipinski definition) is 3. The highest BCUT2D eigenvalue weighted by atomic mass is 35.5. The van der Waals surface area contributed by atoms with Crippen LogP contribution in [-0.2, 0) is 4.74 Å². The van der Waals surface area contributed by atoms with Crippen molar-refractivity contribution in [2.24, 2.45) is 0 Å². The van der Waals surface area contributed by atoms with Gasteiger partial charge in [0.15, 0.2) is 5.15 Å². The van der Waals surface area contributed by atoms with Gasteiger partial charge in [0, 0.05) is 11.6 Å². The van der Waals surface area contributed by atoms with Gasteiger partial charge >= 0.3 is 5.97 Å². The summed E-state index contributed by atoms with van der Waals surface area (Å²) in [5, 5.41) is 1.20. The Kier molecular flexibility index (Phi) is 2.60. The minimum Gasteiger partial charge on any atom is -0.461 e. The minimum atomic E-state index is -0.384. The molecule has 5 heteroatoms. The van der Waals surface area contributed by atoms with Crippen LogP contribution in [0.1, 0.15) is 17.4 Å². The van der Waals surface area contributed by atoms with E-state index in [2.05, 4.69) is 9.97 Å². The van der Waals surface area contributed by atoms with E-state index in [1.165, 1.54) is 0 Å². The van der Waals surface area contributed by atoms with Crippen LogP contribution in [0.3, 0.4) is 0 Å². The topological polar surface area (TPSA) is 55.0 Å². The molecule has 2 rings (SSSR count). The highest BCUT2D eigenvalue weighted by molar-refractivity contribution is 6.33. The molecule has 0 aliphatic heterocycles. The molecule has 0 radical (unpaired) electrons. The van der Waals surface area contributed by atoms with Crippen molar-refractivity contribution in [3.05, 3.63) is 29.2 Å². The third kappa shape index (κ3) is 1.80. The first-order valence-corrected chi connectivity index (χ1v) is 4.90. The standard InChI is InChI=1S/C10H9ClN2O2/c1-2-15-10(14)7-5-6-3-4-12-9(11)8(6)13-7/h3-5,13H,2H2,1H3. The first kappa shape index (κ1) is 9.98. The van der Waals surface area contributed by atoms with Gasteiger partial charge in [-0.2, -0.15) is 0 Å². The second-order valence-electron chi connectivity index (χ2n) is 2.97. The molecule has 2 aromatic rings. The number of hydrogen-bond donors (Lipinski definition) is 1. The van der Waals surface area contributed by atoms with E-state index in [1.54, 1.807) is 25.3 Å². The molecule has 0 fully saturated rings. The van der Waals surface area contributed by atoms with E-state index in [-0.39, 0.29) is 5.97 Å². The van der Waals surface area contributed by atoms with Gasteiger partial charge in [0.2, 0.25) is 0 Å². The Morgan fingerprint density at radius 3 is 3.13 bits per heavy atom. The Bertz CT molecular complexity index is 507. The monoisotopic (exact) mass is 224 g/mol. The Morgan fingerprint density at radius 2 is 2.47 bits per heavy atom. The molecular weight excluding hydrogens is 216 g/mol. The number of fused-ring (bicyclic) bond motifs is 1. The summed E-state index contributed by atoms with van der Waals surface area (Å²) in [6, 6.07) is 3.47. The third-order valence-corrected chi connectivity index (χ3v) is 2.28. The Morgan fingerprint density at radius 1 is 1.67 bits per heavy atom. The molecule has 0 aromatic carbocycles. The summed E-state index contributed by atoms with van der Waals surface area (Å²) in [6.45, 7) is 2.11. The van der Waals surface area contributed by atoms with Crippen LogP contribution < -0.4 is 0 Å². The molecular formula is C10H9ClN2O2. The van der Waals surface area contributed by atoms with E-state index < -0.39 is 0 Å². The van der Waals surface area contributed by atoms with E-state index in [4.69, 9.17) is 16.3 Å². The summed E-state index contributed by atoms with van der Waals surface area (Å²) < 4.78 is 4.86. The maximum Gasteiger partial charge on any atom is 0.354 e. The van der Waals surface area contributed by atoms with Gasteiger partial charge in [0.05, 0.1) is 12.1 Å². The summed E-state index contributed by atoms with van der Waals surface area (Å²) in [4.78, 5) is 18.2. The molecule has 1 N–H and O–H groups in total. The molecule has 0 spiro atoms. The average Bonchev–Trinajstić information content (AvgIpc) is 2.63. The first-order valence-electron chi connectivity index (χ1n) is 4.52. The molecule has 0 aliphatic rings.